The summed E-state index contributed by atoms with van der Waals surface area (Å²) in [4.78, 5) is 0. The van der Waals surface area contributed by atoms with Crippen LogP contribution < -0.4 is 0 Å². The molecule has 2 aromatic rings. The van der Waals surface area contributed by atoms with E-state index in [1.54, 1.807) is 60.7 Å². The van der Waals surface area contributed by atoms with Crippen molar-refractivity contribution in [3.63, 3.8) is 0 Å². The first-order chi connectivity index (χ1) is 9.56. The van der Waals surface area contributed by atoms with Crippen molar-refractivity contribution in [1.82, 2.24) is 0 Å². The minimum atomic E-state index is -3.64. The molecule has 0 amide bonds. The van der Waals surface area contributed by atoms with Gasteiger partial charge in [-0.05, 0) is 0 Å². The highest BCUT2D eigenvalue weighted by Crippen LogP contribution is 2.38. The third kappa shape index (κ3) is 3.17. The lowest BCUT2D eigenvalue weighted by molar-refractivity contribution is 0.0256. The van der Waals surface area contributed by atoms with E-state index in [-0.39, 0.29) is 0 Å². The molecule has 0 heterocycles. The van der Waals surface area contributed by atoms with E-state index in [4.69, 9.17) is 5.11 Å². The molecular formula is C15H14F2O2S. The van der Waals surface area contributed by atoms with Gasteiger partial charge in [-0.25, -0.2) is 0 Å². The fourth-order valence-electron chi connectivity index (χ4n) is 1.93. The van der Waals surface area contributed by atoms with E-state index < -0.39 is 28.3 Å². The molecular weight excluding hydrogens is 282 g/mol. The Kier molecular flexibility index (Phi) is 4.75. The summed E-state index contributed by atoms with van der Waals surface area (Å²) in [5, 5.41) is 4.15. The molecule has 1 atom stereocenters. The molecule has 2 aromatic carbocycles. The molecule has 0 aromatic heterocycles. The van der Waals surface area contributed by atoms with E-state index in [0.717, 1.165) is 0 Å². The first kappa shape index (κ1) is 15.0. The summed E-state index contributed by atoms with van der Waals surface area (Å²) in [5.41, 5.74) is 1.07. The van der Waals surface area contributed by atoms with Gasteiger partial charge in [0.1, 0.15) is 0 Å². The normalized spacial score (nSPS) is 13.4. The quantitative estimate of drug-likeness (QED) is 0.862. The van der Waals surface area contributed by atoms with Crippen molar-refractivity contribution in [2.24, 2.45) is 0 Å². The van der Waals surface area contributed by atoms with Crippen molar-refractivity contribution >= 4 is 11.2 Å². The Morgan fingerprint density at radius 2 is 1.35 bits per heavy atom. The second-order valence-electron chi connectivity index (χ2n) is 4.29. The monoisotopic (exact) mass is 296 g/mol. The average Bonchev–Trinajstić information content (AvgIpc) is 2.49. The topological polar surface area (TPSA) is 43.3 Å². The average molecular weight is 296 g/mol. The number of rotatable bonds is 5. The molecule has 0 saturated carbocycles. The van der Waals surface area contributed by atoms with Crippen LogP contribution in [0.2, 0.25) is 0 Å². The van der Waals surface area contributed by atoms with Gasteiger partial charge in [-0.3, -0.25) is 0 Å². The highest BCUT2D eigenvalue weighted by molar-refractivity contribution is 7.92. The molecule has 0 spiro atoms. The van der Waals surface area contributed by atoms with E-state index >= 15 is 0 Å². The van der Waals surface area contributed by atoms with Gasteiger partial charge in [-0.1, -0.05) is 60.7 Å². The van der Waals surface area contributed by atoms with Gasteiger partial charge < -0.3 is 9.66 Å². The van der Waals surface area contributed by atoms with Crippen molar-refractivity contribution in [3.05, 3.63) is 71.8 Å². The van der Waals surface area contributed by atoms with Gasteiger partial charge in [0.15, 0.2) is 11.9 Å². The molecule has 0 radical (unpaired) electrons. The highest BCUT2D eigenvalue weighted by Gasteiger charge is 2.48. The second-order valence-corrected chi connectivity index (χ2v) is 5.96. The summed E-state index contributed by atoms with van der Waals surface area (Å²) in [6.45, 7) is -1.43. The van der Waals surface area contributed by atoms with Gasteiger partial charge in [-0.15, -0.1) is 0 Å². The minimum Gasteiger partial charge on any atom is -0.611 e. The lowest BCUT2D eigenvalue weighted by Gasteiger charge is -2.27. The number of aliphatic hydroxyl groups excluding tert-OH is 1. The van der Waals surface area contributed by atoms with Crippen LogP contribution in [0.4, 0.5) is 8.78 Å². The number of alkyl halides is 2. The third-order valence-electron chi connectivity index (χ3n) is 2.90. The summed E-state index contributed by atoms with van der Waals surface area (Å²) in [6, 6.07) is 17.0. The number of aliphatic hydroxyl groups is 1. The van der Waals surface area contributed by atoms with Gasteiger partial charge in [0.05, 0.1) is 0 Å². The first-order valence-corrected chi connectivity index (χ1v) is 7.27. The summed E-state index contributed by atoms with van der Waals surface area (Å²) >= 11 is -2.55. The Morgan fingerprint density at radius 3 is 1.70 bits per heavy atom. The summed E-state index contributed by atoms with van der Waals surface area (Å²) < 4.78 is 39.4. The molecule has 0 saturated heterocycles. The van der Waals surface area contributed by atoms with Crippen LogP contribution in [-0.4, -0.2) is 21.5 Å². The predicted molar refractivity (Wildman–Crippen MR) is 74.9 cm³/mol. The van der Waals surface area contributed by atoms with Crippen molar-refractivity contribution in [3.8, 4) is 0 Å². The molecule has 5 heteroatoms. The van der Waals surface area contributed by atoms with E-state index in [1.165, 1.54) is 0 Å². The SMILES string of the molecule is [O-][S+](C(c1ccccc1)c1ccccc1)C(F)(F)CO. The number of hydrogen-bond acceptors (Lipinski definition) is 2. The maximum absolute atomic E-state index is 13.6. The first-order valence-electron chi connectivity index (χ1n) is 6.05. The zero-order chi connectivity index (χ0) is 14.6. The van der Waals surface area contributed by atoms with Crippen LogP contribution in [0.1, 0.15) is 16.4 Å². The highest BCUT2D eigenvalue weighted by atomic mass is 32.2. The van der Waals surface area contributed by atoms with Gasteiger partial charge in [-0.2, -0.15) is 8.78 Å². The molecule has 20 heavy (non-hydrogen) atoms. The maximum atomic E-state index is 13.6. The van der Waals surface area contributed by atoms with E-state index in [0.29, 0.717) is 11.1 Å². The zero-order valence-corrected chi connectivity index (χ0v) is 11.4. The second kappa shape index (κ2) is 6.35. The molecule has 2 nitrogen and oxygen atoms in total. The molecule has 106 valence electrons. The molecule has 0 aliphatic heterocycles. The molecule has 0 fully saturated rings. The Morgan fingerprint density at radius 1 is 0.950 bits per heavy atom. The summed E-state index contributed by atoms with van der Waals surface area (Å²) in [6.07, 6.45) is 0. The van der Waals surface area contributed by atoms with Crippen LogP contribution in [-0.2, 0) is 11.2 Å². The van der Waals surface area contributed by atoms with Crippen LogP contribution in [0.15, 0.2) is 60.7 Å². The Bertz CT molecular complexity index is 495. The summed E-state index contributed by atoms with van der Waals surface area (Å²) in [5.74, 6) is 0. The van der Waals surface area contributed by atoms with E-state index in [1.807, 2.05) is 0 Å². The Hall–Kier alpha value is -1.43. The molecule has 0 aliphatic carbocycles. The van der Waals surface area contributed by atoms with Crippen LogP contribution in [0.3, 0.4) is 0 Å². The van der Waals surface area contributed by atoms with Crippen molar-refractivity contribution < 1.29 is 18.4 Å². The fraction of sp³-hybridized carbons (Fsp3) is 0.200. The molecule has 1 unspecified atom stereocenters. The lowest BCUT2D eigenvalue weighted by Crippen LogP contribution is -2.37. The van der Waals surface area contributed by atoms with E-state index in [2.05, 4.69) is 0 Å². The van der Waals surface area contributed by atoms with Crippen LogP contribution in [0, 0.1) is 0 Å². The third-order valence-corrected chi connectivity index (χ3v) is 4.59. The van der Waals surface area contributed by atoms with Crippen LogP contribution in [0.5, 0.6) is 0 Å². The lowest BCUT2D eigenvalue weighted by atomic mass is 10.0. The maximum Gasteiger partial charge on any atom is 0.430 e. The van der Waals surface area contributed by atoms with Crippen molar-refractivity contribution in [2.75, 3.05) is 6.61 Å². The van der Waals surface area contributed by atoms with Gasteiger partial charge in [0, 0.05) is 22.3 Å². The largest absolute Gasteiger partial charge is 0.611 e. The molecule has 2 rings (SSSR count). The van der Waals surface area contributed by atoms with Gasteiger partial charge in [0.25, 0.3) is 0 Å². The fourth-order valence-corrected chi connectivity index (χ4v) is 3.21. The molecule has 1 N–H and O–H groups in total. The van der Waals surface area contributed by atoms with Gasteiger partial charge in [0.2, 0.25) is 0 Å². The molecule has 0 aliphatic rings. The van der Waals surface area contributed by atoms with E-state index in [9.17, 15) is 13.3 Å². The van der Waals surface area contributed by atoms with Gasteiger partial charge >= 0.3 is 5.25 Å². The summed E-state index contributed by atoms with van der Waals surface area (Å²) in [7, 11) is 0. The zero-order valence-electron chi connectivity index (χ0n) is 10.6. The predicted octanol–water partition coefficient (Wildman–Crippen LogP) is 3.11. The number of benzene rings is 2. The minimum absolute atomic E-state index is 0.533. The Labute approximate surface area is 119 Å². The van der Waals surface area contributed by atoms with Crippen LogP contribution in [0.25, 0.3) is 0 Å². The van der Waals surface area contributed by atoms with Crippen LogP contribution >= 0.6 is 0 Å². The van der Waals surface area contributed by atoms with Crippen molar-refractivity contribution in [2.45, 2.75) is 10.5 Å². The Balaban J connectivity index is 2.46. The smallest absolute Gasteiger partial charge is 0.430 e. The number of hydrogen-bond donors (Lipinski definition) is 1. The number of halogens is 2. The molecule has 0 bridgehead atoms. The van der Waals surface area contributed by atoms with Crippen molar-refractivity contribution in [1.29, 1.82) is 0 Å². The standard InChI is InChI=1S/C15H14F2O2S/c16-15(17,11-18)20(19)14(12-7-3-1-4-8-12)13-9-5-2-6-10-13/h1-10,14,18H,11H2.